The van der Waals surface area contributed by atoms with Crippen molar-refractivity contribution in [3.63, 3.8) is 0 Å². The minimum atomic E-state index is -0.187. The molecule has 0 saturated heterocycles. The number of hydrogen-bond donors (Lipinski definition) is 2. The molecule has 0 unspecified atom stereocenters. The number of rotatable bonds is 2. The van der Waals surface area contributed by atoms with Crippen LogP contribution in [0.15, 0.2) is 16.7 Å². The van der Waals surface area contributed by atoms with Gasteiger partial charge in [-0.1, -0.05) is 0 Å². The fourth-order valence-corrected chi connectivity index (χ4v) is 2.74. The molecule has 4 rings (SSSR count). The van der Waals surface area contributed by atoms with Crippen molar-refractivity contribution < 1.29 is 9.53 Å². The van der Waals surface area contributed by atoms with E-state index in [1.165, 1.54) is 24.1 Å². The first kappa shape index (κ1) is 11.8. The number of carbonyl (C=O) groups is 1. The van der Waals surface area contributed by atoms with Crippen molar-refractivity contribution in [2.45, 2.75) is 44.6 Å². The van der Waals surface area contributed by atoms with Crippen LogP contribution in [0.4, 0.5) is 0 Å². The fourth-order valence-electron chi connectivity index (χ4n) is 2.74. The second kappa shape index (κ2) is 4.51. The van der Waals surface area contributed by atoms with E-state index in [9.17, 15) is 4.79 Å². The molecule has 0 atom stereocenters. The zero-order valence-corrected chi connectivity index (χ0v) is 11.2. The Balaban J connectivity index is 1.62. The van der Waals surface area contributed by atoms with Crippen molar-refractivity contribution in [2.24, 2.45) is 5.10 Å². The van der Waals surface area contributed by atoms with Crippen molar-refractivity contribution in [3.8, 4) is 0 Å². The molecule has 1 saturated carbocycles. The second-order valence-corrected chi connectivity index (χ2v) is 5.67. The van der Waals surface area contributed by atoms with E-state index < -0.39 is 0 Å². The predicted molar refractivity (Wildman–Crippen MR) is 75.1 cm³/mol. The Bertz CT molecular complexity index is 600. The second-order valence-electron chi connectivity index (χ2n) is 5.67. The molecule has 2 heterocycles. The van der Waals surface area contributed by atoms with Crippen molar-refractivity contribution in [1.29, 1.82) is 0 Å². The van der Waals surface area contributed by atoms with Gasteiger partial charge < -0.3 is 9.72 Å². The highest BCUT2D eigenvalue weighted by Gasteiger charge is 2.31. The van der Waals surface area contributed by atoms with Crippen LogP contribution in [0.2, 0.25) is 0 Å². The molecule has 2 N–H and O–H groups in total. The van der Waals surface area contributed by atoms with Crippen molar-refractivity contribution >= 4 is 17.9 Å². The normalized spacial score (nSPS) is 23.5. The summed E-state index contributed by atoms with van der Waals surface area (Å²) in [7, 11) is 0. The summed E-state index contributed by atoms with van der Waals surface area (Å²) in [5, 5.41) is 3.97. The van der Waals surface area contributed by atoms with Crippen LogP contribution in [0.3, 0.4) is 0 Å². The number of ether oxygens (including phenoxy) is 1. The molecule has 1 amide bonds. The zero-order chi connectivity index (χ0) is 13.5. The van der Waals surface area contributed by atoms with Crippen molar-refractivity contribution in [2.75, 3.05) is 0 Å². The zero-order valence-electron chi connectivity index (χ0n) is 11.2. The Hall–Kier alpha value is -2.04. The highest BCUT2D eigenvalue weighted by Crippen LogP contribution is 2.27. The Morgan fingerprint density at radius 1 is 1.30 bits per heavy atom. The lowest BCUT2D eigenvalue weighted by Gasteiger charge is -2.08. The van der Waals surface area contributed by atoms with Crippen LogP contribution in [-0.4, -0.2) is 22.9 Å². The monoisotopic (exact) mass is 271 g/mol. The minimum Gasteiger partial charge on any atom is -0.473 e. The lowest BCUT2D eigenvalue weighted by atomic mass is 9.98. The van der Waals surface area contributed by atoms with Gasteiger partial charge in [0, 0.05) is 11.4 Å². The fraction of sp³-hybridized carbons (Fsp3) is 0.467. The highest BCUT2D eigenvalue weighted by atomic mass is 16.5. The molecule has 0 radical (unpaired) electrons. The molecular formula is C15H17N3O2. The number of carbonyl (C=O) groups excluding carboxylic acids is 1. The summed E-state index contributed by atoms with van der Waals surface area (Å²) in [4.78, 5) is 15.2. The molecule has 5 heteroatoms. The van der Waals surface area contributed by atoms with Gasteiger partial charge in [-0.25, -0.2) is 5.43 Å². The number of nitrogens with one attached hydrogen (secondary N) is 2. The molecule has 0 aromatic carbocycles. The molecule has 1 aromatic heterocycles. The molecule has 5 nitrogen and oxygen atoms in total. The van der Waals surface area contributed by atoms with Gasteiger partial charge in [-0.05, 0) is 56.2 Å². The number of amides is 1. The van der Waals surface area contributed by atoms with E-state index in [1.807, 2.05) is 6.08 Å². The van der Waals surface area contributed by atoms with Gasteiger partial charge in [0.25, 0.3) is 5.91 Å². The highest BCUT2D eigenvalue weighted by molar-refractivity contribution is 6.24. The van der Waals surface area contributed by atoms with Gasteiger partial charge in [0.15, 0.2) is 0 Å². The maximum Gasteiger partial charge on any atom is 0.277 e. The van der Waals surface area contributed by atoms with E-state index in [1.54, 1.807) is 0 Å². The van der Waals surface area contributed by atoms with Crippen LogP contribution in [0.25, 0.3) is 6.08 Å². The Morgan fingerprint density at radius 3 is 2.95 bits per heavy atom. The van der Waals surface area contributed by atoms with Crippen LogP contribution >= 0.6 is 0 Å². The van der Waals surface area contributed by atoms with Gasteiger partial charge >= 0.3 is 0 Å². The van der Waals surface area contributed by atoms with Crippen LogP contribution in [0.1, 0.15) is 42.6 Å². The summed E-state index contributed by atoms with van der Waals surface area (Å²) < 4.78 is 5.66. The summed E-state index contributed by atoms with van der Waals surface area (Å²) in [5.41, 5.74) is 6.66. The SMILES string of the molecule is O=C1NN=C(OC2CC2)C1=Cc1cc2c([nH]1)CCCC2. The minimum absolute atomic E-state index is 0.187. The number of H-pyrrole nitrogens is 1. The molecule has 20 heavy (non-hydrogen) atoms. The van der Waals surface area contributed by atoms with Gasteiger partial charge in [0.05, 0.1) is 0 Å². The number of aryl methyl sites for hydroxylation is 2. The predicted octanol–water partition coefficient (Wildman–Crippen LogP) is 1.90. The first-order valence-corrected chi connectivity index (χ1v) is 7.27. The molecule has 1 aromatic rings. The van der Waals surface area contributed by atoms with Crippen LogP contribution in [0.5, 0.6) is 0 Å². The maximum atomic E-state index is 11.8. The first-order valence-electron chi connectivity index (χ1n) is 7.27. The topological polar surface area (TPSA) is 66.5 Å². The van der Waals surface area contributed by atoms with E-state index >= 15 is 0 Å². The number of aromatic amines is 1. The summed E-state index contributed by atoms with van der Waals surface area (Å²) in [6.45, 7) is 0. The van der Waals surface area contributed by atoms with E-state index in [0.29, 0.717) is 11.5 Å². The summed E-state index contributed by atoms with van der Waals surface area (Å²) in [5.74, 6) is 0.248. The summed E-state index contributed by atoms with van der Waals surface area (Å²) in [6.07, 6.45) is 8.91. The van der Waals surface area contributed by atoms with E-state index in [2.05, 4.69) is 21.6 Å². The average Bonchev–Trinajstić information content (AvgIpc) is 3.07. The van der Waals surface area contributed by atoms with Crippen molar-refractivity contribution in [3.05, 3.63) is 28.6 Å². The van der Waals surface area contributed by atoms with Crippen LogP contribution < -0.4 is 5.43 Å². The van der Waals surface area contributed by atoms with Gasteiger partial charge in [-0.3, -0.25) is 4.79 Å². The number of hydrogen-bond acceptors (Lipinski definition) is 3. The third kappa shape index (κ3) is 2.13. The molecule has 0 spiro atoms. The molecule has 104 valence electrons. The molecule has 3 aliphatic rings. The number of nitrogens with zero attached hydrogens (tertiary/aromatic N) is 1. The summed E-state index contributed by atoms with van der Waals surface area (Å²) >= 11 is 0. The Labute approximate surface area is 117 Å². The maximum absolute atomic E-state index is 11.8. The first-order chi connectivity index (χ1) is 9.79. The van der Waals surface area contributed by atoms with E-state index in [0.717, 1.165) is 31.4 Å². The van der Waals surface area contributed by atoms with Gasteiger partial charge in [0.2, 0.25) is 5.90 Å². The molecule has 2 aliphatic carbocycles. The standard InChI is InChI=1S/C15H17N3O2/c19-14-12(15(18-17-14)20-11-5-6-11)8-10-7-9-3-1-2-4-13(9)16-10/h7-8,11,16H,1-6H2,(H,17,19). The molecular weight excluding hydrogens is 254 g/mol. The van der Waals surface area contributed by atoms with Crippen molar-refractivity contribution in [1.82, 2.24) is 10.4 Å². The van der Waals surface area contributed by atoms with Crippen LogP contribution in [0, 0.1) is 0 Å². The third-order valence-corrected chi connectivity index (χ3v) is 3.97. The number of hydrazone groups is 1. The Morgan fingerprint density at radius 2 is 2.15 bits per heavy atom. The average molecular weight is 271 g/mol. The number of fused-ring (bicyclic) bond motifs is 1. The van der Waals surface area contributed by atoms with E-state index in [-0.39, 0.29) is 12.0 Å². The summed E-state index contributed by atoms with van der Waals surface area (Å²) in [6, 6.07) is 2.14. The Kier molecular flexibility index (Phi) is 2.65. The van der Waals surface area contributed by atoms with Crippen LogP contribution in [-0.2, 0) is 22.4 Å². The lowest BCUT2D eigenvalue weighted by Crippen LogP contribution is -2.14. The number of aromatic nitrogens is 1. The smallest absolute Gasteiger partial charge is 0.277 e. The lowest BCUT2D eigenvalue weighted by molar-refractivity contribution is -0.116. The third-order valence-electron chi connectivity index (χ3n) is 3.97. The molecule has 1 aliphatic heterocycles. The van der Waals surface area contributed by atoms with E-state index in [4.69, 9.17) is 4.74 Å². The molecule has 0 bridgehead atoms. The largest absolute Gasteiger partial charge is 0.473 e. The van der Waals surface area contributed by atoms with Gasteiger partial charge in [-0.2, -0.15) is 0 Å². The quantitative estimate of drug-likeness (QED) is 0.807. The van der Waals surface area contributed by atoms with Gasteiger partial charge in [0.1, 0.15) is 11.7 Å². The van der Waals surface area contributed by atoms with Gasteiger partial charge in [-0.15, -0.1) is 5.10 Å². The molecule has 1 fully saturated rings.